The molecule has 35 heavy (non-hydrogen) atoms. The Kier molecular flexibility index (Phi) is 6.15. The van der Waals surface area contributed by atoms with E-state index in [1.54, 1.807) is 12.3 Å². The van der Waals surface area contributed by atoms with Crippen LogP contribution in [0.2, 0.25) is 0 Å². The quantitative estimate of drug-likeness (QED) is 0.210. The molecule has 2 aromatic heterocycles. The smallest absolute Gasteiger partial charge is 0.273 e. The fraction of sp³-hybridized carbons (Fsp3) is 0.154. The first-order chi connectivity index (χ1) is 17.0. The molecule has 0 unspecified atom stereocenters. The van der Waals surface area contributed by atoms with Gasteiger partial charge in [-0.3, -0.25) is 15.1 Å². The van der Waals surface area contributed by atoms with Crippen molar-refractivity contribution in [1.82, 2.24) is 15.2 Å². The van der Waals surface area contributed by atoms with Crippen molar-refractivity contribution in [2.24, 2.45) is 0 Å². The highest BCUT2D eigenvalue weighted by Gasteiger charge is 2.41. The minimum absolute atomic E-state index is 0.0491. The summed E-state index contributed by atoms with van der Waals surface area (Å²) in [6.07, 6.45) is 1.76. The van der Waals surface area contributed by atoms with Gasteiger partial charge in [0, 0.05) is 18.8 Å². The largest absolute Gasteiger partial charge is 0.496 e. The first kappa shape index (κ1) is 22.5. The molecular weight excluding hydrogens is 464 g/mol. The van der Waals surface area contributed by atoms with E-state index in [0.29, 0.717) is 34.5 Å². The van der Waals surface area contributed by atoms with Gasteiger partial charge < -0.3 is 19.4 Å². The number of nitro benzene ring substituents is 1. The van der Waals surface area contributed by atoms with Crippen molar-refractivity contribution in [2.45, 2.75) is 18.6 Å². The number of thiocarbonyl (C=S) groups is 1. The third kappa shape index (κ3) is 4.45. The van der Waals surface area contributed by atoms with Crippen molar-refractivity contribution in [2.75, 3.05) is 7.11 Å². The molecule has 0 radical (unpaired) electrons. The highest BCUT2D eigenvalue weighted by atomic mass is 32.1. The van der Waals surface area contributed by atoms with Crippen molar-refractivity contribution >= 4 is 23.0 Å². The Balaban J connectivity index is 1.54. The Labute approximate surface area is 207 Å². The number of ether oxygens (including phenoxy) is 1. The Morgan fingerprint density at radius 3 is 2.63 bits per heavy atom. The molecule has 2 atom stereocenters. The number of nitrogens with zero attached hydrogens (tertiary/aromatic N) is 3. The second-order valence-electron chi connectivity index (χ2n) is 8.08. The predicted molar refractivity (Wildman–Crippen MR) is 135 cm³/mol. The normalized spacial score (nSPS) is 17.3. The highest BCUT2D eigenvalue weighted by Crippen LogP contribution is 2.42. The SMILES string of the molecule is COc1cc([N+](=O)[O-])ccc1-c1ccc([C@@H]2[C@@H](c3ccccn3)NC(=S)N2Cc2ccccc2)o1. The van der Waals surface area contributed by atoms with Gasteiger partial charge in [-0.05, 0) is 48.1 Å². The summed E-state index contributed by atoms with van der Waals surface area (Å²) in [6, 6.07) is 23.6. The number of benzene rings is 2. The third-order valence-corrected chi connectivity index (χ3v) is 6.33. The van der Waals surface area contributed by atoms with Gasteiger partial charge in [-0.25, -0.2) is 0 Å². The van der Waals surface area contributed by atoms with Gasteiger partial charge in [0.2, 0.25) is 0 Å². The minimum atomic E-state index is -0.454. The lowest BCUT2D eigenvalue weighted by Crippen LogP contribution is -2.29. The third-order valence-electron chi connectivity index (χ3n) is 5.97. The number of non-ortho nitro benzene ring substituents is 1. The van der Waals surface area contributed by atoms with E-state index >= 15 is 0 Å². The molecular formula is C26H22N4O4S. The van der Waals surface area contributed by atoms with Crippen molar-refractivity contribution < 1.29 is 14.1 Å². The molecule has 1 aliphatic rings. The molecule has 1 fully saturated rings. The molecule has 1 aliphatic heterocycles. The van der Waals surface area contributed by atoms with Gasteiger partial charge in [0.05, 0.1) is 35.4 Å². The van der Waals surface area contributed by atoms with E-state index in [1.807, 2.05) is 48.5 Å². The summed E-state index contributed by atoms with van der Waals surface area (Å²) >= 11 is 5.73. The number of aromatic nitrogens is 1. The van der Waals surface area contributed by atoms with Gasteiger partial charge in [-0.1, -0.05) is 36.4 Å². The van der Waals surface area contributed by atoms with Crippen molar-refractivity contribution in [3.8, 4) is 17.1 Å². The highest BCUT2D eigenvalue weighted by molar-refractivity contribution is 7.80. The van der Waals surface area contributed by atoms with Crippen LogP contribution in [0.4, 0.5) is 5.69 Å². The van der Waals surface area contributed by atoms with E-state index in [0.717, 1.165) is 11.3 Å². The van der Waals surface area contributed by atoms with Crippen LogP contribution in [0.15, 0.2) is 89.5 Å². The van der Waals surface area contributed by atoms with E-state index < -0.39 is 4.92 Å². The van der Waals surface area contributed by atoms with Crippen LogP contribution < -0.4 is 10.1 Å². The summed E-state index contributed by atoms with van der Waals surface area (Å²) in [7, 11) is 1.48. The minimum Gasteiger partial charge on any atom is -0.496 e. The van der Waals surface area contributed by atoms with Crippen LogP contribution in [0.3, 0.4) is 0 Å². The molecule has 0 saturated carbocycles. The molecule has 2 aromatic carbocycles. The van der Waals surface area contributed by atoms with Crippen LogP contribution >= 0.6 is 12.2 Å². The number of nitro groups is 1. The van der Waals surface area contributed by atoms with E-state index in [9.17, 15) is 10.1 Å². The number of hydrogen-bond acceptors (Lipinski definition) is 6. The predicted octanol–water partition coefficient (Wildman–Crippen LogP) is 5.43. The second-order valence-corrected chi connectivity index (χ2v) is 8.47. The van der Waals surface area contributed by atoms with E-state index in [2.05, 4.69) is 27.3 Å². The molecule has 0 aliphatic carbocycles. The van der Waals surface area contributed by atoms with Crippen LogP contribution in [0.1, 0.15) is 29.1 Å². The fourth-order valence-electron chi connectivity index (χ4n) is 4.32. The molecule has 3 heterocycles. The van der Waals surface area contributed by atoms with Gasteiger partial charge in [-0.2, -0.15) is 0 Å². The maximum Gasteiger partial charge on any atom is 0.273 e. The lowest BCUT2D eigenvalue weighted by molar-refractivity contribution is -0.384. The summed E-state index contributed by atoms with van der Waals surface area (Å²) in [6.45, 7) is 0.595. The first-order valence-corrected chi connectivity index (χ1v) is 11.4. The van der Waals surface area contributed by atoms with Crippen LogP contribution in [0.5, 0.6) is 5.75 Å². The number of nitrogens with one attached hydrogen (secondary N) is 1. The van der Waals surface area contributed by atoms with Crippen molar-refractivity contribution in [3.05, 3.63) is 112 Å². The van der Waals surface area contributed by atoms with Crippen LogP contribution in [0.25, 0.3) is 11.3 Å². The number of hydrogen-bond donors (Lipinski definition) is 1. The van der Waals surface area contributed by atoms with E-state index in [4.69, 9.17) is 21.4 Å². The number of rotatable bonds is 7. The van der Waals surface area contributed by atoms with E-state index in [-0.39, 0.29) is 17.8 Å². The molecule has 1 saturated heterocycles. The van der Waals surface area contributed by atoms with Crippen LogP contribution in [-0.2, 0) is 6.54 Å². The van der Waals surface area contributed by atoms with Gasteiger partial charge in [0.15, 0.2) is 5.11 Å². The lowest BCUT2D eigenvalue weighted by Gasteiger charge is -2.26. The summed E-state index contributed by atoms with van der Waals surface area (Å²) in [5.41, 5.74) is 2.54. The van der Waals surface area contributed by atoms with Gasteiger partial charge in [0.1, 0.15) is 23.3 Å². The summed E-state index contributed by atoms with van der Waals surface area (Å²) < 4.78 is 11.8. The monoisotopic (exact) mass is 486 g/mol. The summed E-state index contributed by atoms with van der Waals surface area (Å²) in [5.74, 6) is 1.60. The average Bonchev–Trinajstić information content (AvgIpc) is 3.49. The van der Waals surface area contributed by atoms with Gasteiger partial charge in [-0.15, -0.1) is 0 Å². The fourth-order valence-corrected chi connectivity index (χ4v) is 4.62. The molecule has 0 spiro atoms. The van der Waals surface area contributed by atoms with Gasteiger partial charge >= 0.3 is 0 Å². The molecule has 8 nitrogen and oxygen atoms in total. The Bertz CT molecular complexity index is 1360. The zero-order valence-electron chi connectivity index (χ0n) is 18.8. The van der Waals surface area contributed by atoms with Crippen molar-refractivity contribution in [1.29, 1.82) is 0 Å². The molecule has 9 heteroatoms. The maximum absolute atomic E-state index is 11.2. The molecule has 1 N–H and O–H groups in total. The summed E-state index contributed by atoms with van der Waals surface area (Å²) in [5, 5.41) is 15.2. The van der Waals surface area contributed by atoms with E-state index in [1.165, 1.54) is 19.2 Å². The molecule has 5 rings (SSSR count). The average molecular weight is 487 g/mol. The van der Waals surface area contributed by atoms with Crippen molar-refractivity contribution in [3.63, 3.8) is 0 Å². The first-order valence-electron chi connectivity index (χ1n) is 11.0. The Morgan fingerprint density at radius 2 is 1.91 bits per heavy atom. The lowest BCUT2D eigenvalue weighted by atomic mass is 10.0. The summed E-state index contributed by atoms with van der Waals surface area (Å²) in [4.78, 5) is 17.4. The zero-order valence-corrected chi connectivity index (χ0v) is 19.6. The van der Waals surface area contributed by atoms with Crippen LogP contribution in [0, 0.1) is 10.1 Å². The maximum atomic E-state index is 11.2. The Morgan fingerprint density at radius 1 is 1.11 bits per heavy atom. The topological polar surface area (TPSA) is 93.7 Å². The number of pyridine rings is 1. The molecule has 0 bridgehead atoms. The Hall–Kier alpha value is -4.24. The standard InChI is InChI=1S/C26H22N4O4S/c1-33-23-15-18(30(31)32)10-11-19(23)21-12-13-22(34-21)25-24(20-9-5-6-14-27-20)28-26(35)29(25)16-17-7-3-2-4-8-17/h2-15,24-25H,16H2,1H3,(H,28,35)/t24-,25-/m1/s1. The second kappa shape index (κ2) is 9.55. The number of furan rings is 1. The molecule has 4 aromatic rings. The van der Waals surface area contributed by atoms with Gasteiger partial charge in [0.25, 0.3) is 5.69 Å². The van der Waals surface area contributed by atoms with Crippen LogP contribution in [-0.4, -0.2) is 27.0 Å². The molecule has 0 amide bonds. The zero-order chi connectivity index (χ0) is 24.4. The number of methoxy groups -OCH3 is 1. The molecule has 176 valence electrons.